The highest BCUT2D eigenvalue weighted by molar-refractivity contribution is 6.34. The molecule has 0 aliphatic heterocycles. The minimum atomic E-state index is -1.19. The molecule has 0 saturated carbocycles. The van der Waals surface area contributed by atoms with Crippen molar-refractivity contribution in [2.75, 3.05) is 11.9 Å². The van der Waals surface area contributed by atoms with Gasteiger partial charge in [-0.05, 0) is 47.3 Å². The van der Waals surface area contributed by atoms with Crippen LogP contribution in [0, 0.1) is 0 Å². The van der Waals surface area contributed by atoms with Gasteiger partial charge in [-0.15, -0.1) is 0 Å². The van der Waals surface area contributed by atoms with Crippen molar-refractivity contribution in [3.63, 3.8) is 0 Å². The minimum Gasteiger partial charge on any atom is -0.478 e. The van der Waals surface area contributed by atoms with E-state index in [2.05, 4.69) is 5.32 Å². The molecule has 0 fully saturated rings. The third kappa shape index (κ3) is 4.95. The Morgan fingerprint density at radius 1 is 0.972 bits per heavy atom. The Bertz CT molecular complexity index is 1580. The van der Waals surface area contributed by atoms with Crippen LogP contribution in [-0.2, 0) is 16.6 Å². The van der Waals surface area contributed by atoms with E-state index in [0.29, 0.717) is 26.9 Å². The molecule has 0 aliphatic rings. The fourth-order valence-electron chi connectivity index (χ4n) is 3.75. The average Bonchev–Trinajstić information content (AvgIpc) is 2.86. The summed E-state index contributed by atoms with van der Waals surface area (Å²) in [4.78, 5) is 49.8. The van der Waals surface area contributed by atoms with Crippen molar-refractivity contribution in [1.82, 2.24) is 4.57 Å². The van der Waals surface area contributed by atoms with E-state index in [0.717, 1.165) is 0 Å². The smallest absolute Gasteiger partial charge is 0.356 e. The topological polar surface area (TPSA) is 115 Å². The minimum absolute atomic E-state index is 0.0419. The lowest BCUT2D eigenvalue weighted by atomic mass is 9.97. The van der Waals surface area contributed by atoms with Crippen LogP contribution in [-0.4, -0.2) is 34.1 Å². The molecule has 4 aromatic rings. The predicted octanol–water partition coefficient (Wildman–Crippen LogP) is 5.01. The van der Waals surface area contributed by atoms with Crippen LogP contribution < -0.4 is 10.9 Å². The first-order valence-electron chi connectivity index (χ1n) is 10.5. The molecule has 10 heteroatoms. The van der Waals surface area contributed by atoms with Gasteiger partial charge in [-0.2, -0.15) is 0 Å². The van der Waals surface area contributed by atoms with Gasteiger partial charge < -0.3 is 19.7 Å². The van der Waals surface area contributed by atoms with E-state index in [1.807, 2.05) is 0 Å². The maximum absolute atomic E-state index is 13.2. The van der Waals surface area contributed by atoms with Crippen molar-refractivity contribution in [3.8, 4) is 11.1 Å². The summed E-state index contributed by atoms with van der Waals surface area (Å²) in [6, 6.07) is 17.4. The molecule has 0 atom stereocenters. The molecule has 0 spiro atoms. The molecule has 3 aromatic carbocycles. The van der Waals surface area contributed by atoms with E-state index in [1.54, 1.807) is 48.5 Å². The molecule has 1 amide bonds. The highest BCUT2D eigenvalue weighted by Crippen LogP contribution is 2.32. The number of esters is 1. The van der Waals surface area contributed by atoms with E-state index in [9.17, 15) is 19.2 Å². The second-order valence-corrected chi connectivity index (χ2v) is 8.61. The maximum atomic E-state index is 13.2. The highest BCUT2D eigenvalue weighted by atomic mass is 35.5. The first-order chi connectivity index (χ1) is 17.2. The molecule has 1 heterocycles. The number of nitrogens with one attached hydrogen (secondary N) is 1. The van der Waals surface area contributed by atoms with E-state index in [1.165, 1.54) is 29.8 Å². The van der Waals surface area contributed by atoms with Gasteiger partial charge in [0, 0.05) is 23.0 Å². The molecular formula is C26H18Cl2N2O6. The first-order valence-corrected chi connectivity index (χ1v) is 11.3. The molecule has 8 nitrogen and oxygen atoms in total. The number of aromatic carboxylic acids is 1. The first kappa shape index (κ1) is 25.0. The Morgan fingerprint density at radius 2 is 1.64 bits per heavy atom. The third-order valence-corrected chi connectivity index (χ3v) is 6.03. The van der Waals surface area contributed by atoms with Crippen molar-refractivity contribution in [1.29, 1.82) is 0 Å². The van der Waals surface area contributed by atoms with Gasteiger partial charge in [0.2, 0.25) is 0 Å². The van der Waals surface area contributed by atoms with Crippen molar-refractivity contribution < 1.29 is 24.2 Å². The summed E-state index contributed by atoms with van der Waals surface area (Å²) < 4.78 is 6.43. The number of anilines is 1. The molecule has 0 bridgehead atoms. The number of ether oxygens (including phenoxy) is 1. The fraction of sp³-hybridized carbons (Fsp3) is 0.0769. The molecule has 1 aromatic heterocycles. The zero-order chi connectivity index (χ0) is 26.0. The number of hydrogen-bond donors (Lipinski definition) is 2. The summed E-state index contributed by atoms with van der Waals surface area (Å²) in [6.45, 7) is -0.701. The monoisotopic (exact) mass is 524 g/mol. The van der Waals surface area contributed by atoms with Gasteiger partial charge in [0.25, 0.3) is 11.5 Å². The summed E-state index contributed by atoms with van der Waals surface area (Å²) in [7, 11) is 1.45. The lowest BCUT2D eigenvalue weighted by Gasteiger charge is -2.17. The molecule has 0 radical (unpaired) electrons. The number of carboxylic acids is 1. The van der Waals surface area contributed by atoms with E-state index >= 15 is 0 Å². The summed E-state index contributed by atoms with van der Waals surface area (Å²) in [5.41, 5.74) is 0.603. The molecule has 4 rings (SSSR count). The Labute approximate surface area is 214 Å². The number of rotatable bonds is 6. The molecule has 0 unspecified atom stereocenters. The quantitative estimate of drug-likeness (QED) is 0.342. The number of carbonyl (C=O) groups excluding carboxylic acids is 2. The number of nitrogens with zero attached hydrogens (tertiary/aromatic N) is 1. The Balaban J connectivity index is 1.67. The van der Waals surface area contributed by atoms with Crippen molar-refractivity contribution in [2.45, 2.75) is 0 Å². The van der Waals surface area contributed by atoms with Gasteiger partial charge in [0.1, 0.15) is 5.69 Å². The fourth-order valence-corrected chi connectivity index (χ4v) is 4.04. The maximum Gasteiger partial charge on any atom is 0.356 e. The zero-order valence-corrected chi connectivity index (χ0v) is 20.3. The zero-order valence-electron chi connectivity index (χ0n) is 18.7. The highest BCUT2D eigenvalue weighted by Gasteiger charge is 2.24. The van der Waals surface area contributed by atoms with Crippen LogP contribution in [0.25, 0.3) is 21.9 Å². The van der Waals surface area contributed by atoms with Gasteiger partial charge >= 0.3 is 11.9 Å². The number of pyridine rings is 1. The SMILES string of the molecule is Cn1c(C(=O)OCC(=O)Nc2cc(C(=O)O)ccc2Cl)c(-c2ccc(Cl)cc2)c2ccccc2c1=O. The molecule has 0 saturated heterocycles. The standard InChI is InChI=1S/C26H18Cl2N2O6/c1-30-23(26(35)36-13-21(31)29-20-12-15(25(33)34)8-11-19(20)28)22(14-6-9-16(27)10-7-14)17-4-2-3-5-18(17)24(30)32/h2-12H,13H2,1H3,(H,29,31)(H,33,34). The van der Waals surface area contributed by atoms with Crippen molar-refractivity contribution in [2.24, 2.45) is 7.05 Å². The lowest BCUT2D eigenvalue weighted by molar-refractivity contribution is -0.119. The van der Waals surface area contributed by atoms with E-state index in [4.69, 9.17) is 33.0 Å². The summed E-state index contributed by atoms with van der Waals surface area (Å²) >= 11 is 12.1. The van der Waals surface area contributed by atoms with E-state index in [-0.39, 0.29) is 22.0 Å². The van der Waals surface area contributed by atoms with Gasteiger partial charge in [-0.3, -0.25) is 9.59 Å². The van der Waals surface area contributed by atoms with Gasteiger partial charge in [0.15, 0.2) is 6.61 Å². The van der Waals surface area contributed by atoms with E-state index < -0.39 is 30.0 Å². The van der Waals surface area contributed by atoms with Crippen LogP contribution in [0.2, 0.25) is 10.0 Å². The van der Waals surface area contributed by atoms with Gasteiger partial charge in [-0.25, -0.2) is 9.59 Å². The molecular weight excluding hydrogens is 507 g/mol. The number of carboxylic acid groups (broad SMARTS) is 1. The Hall–Kier alpha value is -4.14. The van der Waals surface area contributed by atoms with Crippen LogP contribution in [0.1, 0.15) is 20.8 Å². The second-order valence-electron chi connectivity index (χ2n) is 7.76. The largest absolute Gasteiger partial charge is 0.478 e. The molecule has 36 heavy (non-hydrogen) atoms. The van der Waals surface area contributed by atoms with Crippen LogP contribution >= 0.6 is 23.2 Å². The van der Waals surface area contributed by atoms with Crippen molar-refractivity contribution >= 4 is 57.5 Å². The van der Waals surface area contributed by atoms with Crippen LogP contribution in [0.15, 0.2) is 71.5 Å². The number of hydrogen-bond acceptors (Lipinski definition) is 5. The summed E-state index contributed by atoms with van der Waals surface area (Å²) in [5, 5.41) is 13.1. The predicted molar refractivity (Wildman–Crippen MR) is 137 cm³/mol. The lowest BCUT2D eigenvalue weighted by Crippen LogP contribution is -2.28. The number of fused-ring (bicyclic) bond motifs is 1. The normalized spacial score (nSPS) is 10.8. The van der Waals surface area contributed by atoms with Crippen molar-refractivity contribution in [3.05, 3.63) is 98.4 Å². The molecule has 182 valence electrons. The van der Waals surface area contributed by atoms with Crippen LogP contribution in [0.3, 0.4) is 0 Å². The number of halogens is 2. The third-order valence-electron chi connectivity index (χ3n) is 5.45. The van der Waals surface area contributed by atoms with Gasteiger partial charge in [-0.1, -0.05) is 53.5 Å². The van der Waals surface area contributed by atoms with Gasteiger partial charge in [0.05, 0.1) is 16.3 Å². The molecule has 0 aliphatic carbocycles. The Morgan fingerprint density at radius 3 is 2.31 bits per heavy atom. The summed E-state index contributed by atoms with van der Waals surface area (Å²) in [6.07, 6.45) is 0. The average molecular weight is 525 g/mol. The number of benzene rings is 3. The number of amides is 1. The second kappa shape index (κ2) is 10.2. The van der Waals surface area contributed by atoms with Crippen LogP contribution in [0.5, 0.6) is 0 Å². The summed E-state index contributed by atoms with van der Waals surface area (Å²) in [5.74, 6) is -2.84. The molecule has 2 N–H and O–H groups in total. The number of carbonyl (C=O) groups is 3. The number of aromatic nitrogens is 1. The Kier molecular flexibility index (Phi) is 7.10. The van der Waals surface area contributed by atoms with Crippen LogP contribution in [0.4, 0.5) is 5.69 Å².